The number of fused-ring (bicyclic) bond motifs is 1. The van der Waals surface area contributed by atoms with Crippen molar-refractivity contribution >= 4 is 17.3 Å². The van der Waals surface area contributed by atoms with Crippen molar-refractivity contribution in [2.75, 3.05) is 20.3 Å². The van der Waals surface area contributed by atoms with Gasteiger partial charge in [0.15, 0.2) is 7.05 Å². The standard InChI is InChI=1S/C28H28NO4/c1-3-32-28(30)26-25(21-14-8-5-9-15-21)24-19-22(16-17-23(24)27(26)29(2)31)33-18-10-13-20-11-6-4-7-12-20/h4-9,11-12,14-17,19,31H,3,10,13,18H2,1-2H3/q+1. The number of aryl methyl sites for hydroxylation is 1. The Morgan fingerprint density at radius 2 is 1.64 bits per heavy atom. The highest BCUT2D eigenvalue weighted by Crippen LogP contribution is 2.40. The topological polar surface area (TPSA) is 58.8 Å². The number of rotatable bonds is 8. The molecular weight excluding hydrogens is 414 g/mol. The molecule has 5 heteroatoms. The van der Waals surface area contributed by atoms with Crippen LogP contribution in [0.4, 0.5) is 0 Å². The average Bonchev–Trinajstić information content (AvgIpc) is 3.18. The molecule has 5 nitrogen and oxygen atoms in total. The first-order chi connectivity index (χ1) is 16.1. The molecule has 0 unspecified atom stereocenters. The van der Waals surface area contributed by atoms with E-state index in [4.69, 9.17) is 9.47 Å². The number of esters is 1. The first-order valence-electron chi connectivity index (χ1n) is 11.2. The molecule has 0 radical (unpaired) electrons. The Labute approximate surface area is 194 Å². The van der Waals surface area contributed by atoms with Crippen LogP contribution in [0, 0.1) is 0 Å². The minimum atomic E-state index is -0.464. The number of carbonyl (C=O) groups is 1. The van der Waals surface area contributed by atoms with Crippen molar-refractivity contribution < 1.29 is 24.2 Å². The Kier molecular flexibility index (Phi) is 6.89. The number of ether oxygens (including phenoxy) is 2. The summed E-state index contributed by atoms with van der Waals surface area (Å²) < 4.78 is 12.4. The highest BCUT2D eigenvalue weighted by molar-refractivity contribution is 6.35. The quantitative estimate of drug-likeness (QED) is 0.177. The van der Waals surface area contributed by atoms with E-state index >= 15 is 0 Å². The van der Waals surface area contributed by atoms with Gasteiger partial charge in [-0.05, 0) is 53.8 Å². The molecule has 0 aromatic heterocycles. The lowest BCUT2D eigenvalue weighted by molar-refractivity contribution is -0.753. The summed E-state index contributed by atoms with van der Waals surface area (Å²) >= 11 is 0. The third-order valence-electron chi connectivity index (χ3n) is 5.59. The summed E-state index contributed by atoms with van der Waals surface area (Å²) in [5.41, 5.74) is 5.27. The summed E-state index contributed by atoms with van der Waals surface area (Å²) in [5.74, 6) is 0.258. The van der Waals surface area contributed by atoms with E-state index < -0.39 is 5.97 Å². The van der Waals surface area contributed by atoms with E-state index in [9.17, 15) is 10.0 Å². The minimum Gasteiger partial charge on any atom is -0.494 e. The SMILES string of the molecule is CCOC(=O)C1=C(c2ccccc2)c2cc(OCCCc3ccccc3)ccc2C1=[N+](C)O. The van der Waals surface area contributed by atoms with Crippen LogP contribution in [0.1, 0.15) is 35.6 Å². The van der Waals surface area contributed by atoms with Crippen LogP contribution >= 0.6 is 0 Å². The molecule has 0 saturated carbocycles. The maximum atomic E-state index is 13.0. The molecule has 0 spiro atoms. The van der Waals surface area contributed by atoms with Crippen molar-refractivity contribution in [2.24, 2.45) is 0 Å². The average molecular weight is 443 g/mol. The molecule has 33 heavy (non-hydrogen) atoms. The summed E-state index contributed by atoms with van der Waals surface area (Å²) in [6.07, 6.45) is 1.84. The van der Waals surface area contributed by atoms with E-state index in [1.807, 2.05) is 66.7 Å². The molecule has 0 amide bonds. The lowest BCUT2D eigenvalue weighted by atomic mass is 9.97. The highest BCUT2D eigenvalue weighted by atomic mass is 16.5. The van der Waals surface area contributed by atoms with E-state index in [0.717, 1.165) is 45.6 Å². The van der Waals surface area contributed by atoms with Gasteiger partial charge in [-0.3, -0.25) is 5.21 Å². The van der Waals surface area contributed by atoms with Crippen molar-refractivity contribution in [3.05, 3.63) is 107 Å². The predicted octanol–water partition coefficient (Wildman–Crippen LogP) is 4.90. The van der Waals surface area contributed by atoms with Gasteiger partial charge in [0.2, 0.25) is 0 Å². The second-order valence-corrected chi connectivity index (χ2v) is 7.85. The maximum Gasteiger partial charge on any atom is 0.345 e. The Morgan fingerprint density at radius 3 is 2.30 bits per heavy atom. The van der Waals surface area contributed by atoms with Crippen LogP contribution < -0.4 is 4.74 Å². The molecule has 0 saturated heterocycles. The molecule has 1 aliphatic carbocycles. The van der Waals surface area contributed by atoms with Gasteiger partial charge in [-0.15, -0.1) is 0 Å². The third-order valence-corrected chi connectivity index (χ3v) is 5.59. The largest absolute Gasteiger partial charge is 0.494 e. The van der Waals surface area contributed by atoms with E-state index in [2.05, 4.69) is 12.1 Å². The number of benzene rings is 3. The molecule has 1 aliphatic rings. The Morgan fingerprint density at radius 1 is 0.939 bits per heavy atom. The van der Waals surface area contributed by atoms with Gasteiger partial charge in [0, 0.05) is 11.1 Å². The van der Waals surface area contributed by atoms with Crippen molar-refractivity contribution in [3.63, 3.8) is 0 Å². The lowest BCUT2D eigenvalue weighted by Crippen LogP contribution is -2.22. The molecule has 0 heterocycles. The van der Waals surface area contributed by atoms with Crippen LogP contribution in [0.3, 0.4) is 0 Å². The van der Waals surface area contributed by atoms with Gasteiger partial charge in [-0.1, -0.05) is 60.7 Å². The molecule has 0 bridgehead atoms. The van der Waals surface area contributed by atoms with Gasteiger partial charge >= 0.3 is 5.97 Å². The van der Waals surface area contributed by atoms with Crippen LogP contribution in [-0.2, 0) is 16.0 Å². The van der Waals surface area contributed by atoms with Crippen molar-refractivity contribution in [2.45, 2.75) is 19.8 Å². The molecule has 1 N–H and O–H groups in total. The van der Waals surface area contributed by atoms with Crippen molar-refractivity contribution in [3.8, 4) is 5.75 Å². The number of nitrogens with zero attached hydrogens (tertiary/aromatic N) is 1. The zero-order chi connectivity index (χ0) is 23.2. The van der Waals surface area contributed by atoms with Gasteiger partial charge in [0.05, 0.1) is 18.8 Å². The van der Waals surface area contributed by atoms with Gasteiger partial charge in [0.1, 0.15) is 11.3 Å². The molecule has 4 rings (SSSR count). The molecule has 0 atom stereocenters. The van der Waals surface area contributed by atoms with Crippen LogP contribution in [0.5, 0.6) is 5.75 Å². The van der Waals surface area contributed by atoms with Gasteiger partial charge < -0.3 is 9.47 Å². The first kappa shape index (κ1) is 22.3. The number of hydroxylamine groups is 1. The van der Waals surface area contributed by atoms with E-state index in [1.165, 1.54) is 12.6 Å². The first-order valence-corrected chi connectivity index (χ1v) is 11.2. The second kappa shape index (κ2) is 10.2. The predicted molar refractivity (Wildman–Crippen MR) is 128 cm³/mol. The second-order valence-electron chi connectivity index (χ2n) is 7.85. The Balaban J connectivity index is 1.67. The van der Waals surface area contributed by atoms with Crippen LogP contribution in [0.2, 0.25) is 0 Å². The van der Waals surface area contributed by atoms with E-state index in [1.54, 1.807) is 6.92 Å². The van der Waals surface area contributed by atoms with Crippen LogP contribution in [0.15, 0.2) is 84.4 Å². The van der Waals surface area contributed by atoms with Crippen molar-refractivity contribution in [1.82, 2.24) is 0 Å². The smallest absolute Gasteiger partial charge is 0.345 e. The summed E-state index contributed by atoms with van der Waals surface area (Å²) in [6.45, 7) is 2.60. The highest BCUT2D eigenvalue weighted by Gasteiger charge is 2.40. The lowest BCUT2D eigenvalue weighted by Gasteiger charge is -2.10. The van der Waals surface area contributed by atoms with Gasteiger partial charge in [0.25, 0.3) is 5.71 Å². The fourth-order valence-electron chi connectivity index (χ4n) is 4.17. The zero-order valence-corrected chi connectivity index (χ0v) is 19.0. The molecule has 0 fully saturated rings. The number of carbonyl (C=O) groups excluding carboxylic acids is 1. The molecule has 3 aromatic carbocycles. The zero-order valence-electron chi connectivity index (χ0n) is 19.0. The van der Waals surface area contributed by atoms with E-state index in [-0.39, 0.29) is 6.61 Å². The number of hydrogen-bond donors (Lipinski definition) is 1. The van der Waals surface area contributed by atoms with E-state index in [0.29, 0.717) is 17.9 Å². The Bertz CT molecular complexity index is 1190. The fraction of sp³-hybridized carbons (Fsp3) is 0.214. The summed E-state index contributed by atoms with van der Waals surface area (Å²) in [5, 5.41) is 10.4. The van der Waals surface area contributed by atoms with Crippen molar-refractivity contribution in [1.29, 1.82) is 0 Å². The number of hydrogen-bond acceptors (Lipinski definition) is 4. The fourth-order valence-corrected chi connectivity index (χ4v) is 4.17. The minimum absolute atomic E-state index is 0.249. The summed E-state index contributed by atoms with van der Waals surface area (Å²) in [7, 11) is 1.51. The van der Waals surface area contributed by atoms with Crippen LogP contribution in [-0.4, -0.2) is 41.9 Å². The molecule has 0 aliphatic heterocycles. The molecular formula is C28H28NO4+. The third kappa shape index (κ3) is 4.82. The summed E-state index contributed by atoms with van der Waals surface area (Å²) in [4.78, 5) is 13.0. The van der Waals surface area contributed by atoms with Gasteiger partial charge in [-0.2, -0.15) is 0 Å². The molecule has 168 valence electrons. The normalized spacial score (nSPS) is 14.1. The summed E-state index contributed by atoms with van der Waals surface area (Å²) in [6, 6.07) is 25.7. The molecule has 3 aromatic rings. The maximum absolute atomic E-state index is 13.0. The Hall–Kier alpha value is -3.86. The monoisotopic (exact) mass is 442 g/mol. The van der Waals surface area contributed by atoms with Crippen LogP contribution in [0.25, 0.3) is 5.57 Å². The van der Waals surface area contributed by atoms with Gasteiger partial charge in [-0.25, -0.2) is 4.79 Å².